The van der Waals surface area contributed by atoms with E-state index in [1.54, 1.807) is 0 Å². The summed E-state index contributed by atoms with van der Waals surface area (Å²) in [4.78, 5) is 11.1. The van der Waals surface area contributed by atoms with E-state index in [9.17, 15) is 4.79 Å². The molecule has 2 aliphatic heterocycles. The summed E-state index contributed by atoms with van der Waals surface area (Å²) in [6, 6.07) is 8.17. The van der Waals surface area contributed by atoms with Gasteiger partial charge < -0.3 is 10.1 Å². The van der Waals surface area contributed by atoms with Gasteiger partial charge in [-0.15, -0.1) is 0 Å². The normalized spacial score (nSPS) is 26.0. The highest BCUT2D eigenvalue weighted by Gasteiger charge is 2.42. The minimum absolute atomic E-state index is 0.145. The second-order valence-electron chi connectivity index (χ2n) is 5.02. The van der Waals surface area contributed by atoms with Crippen molar-refractivity contribution in [3.05, 3.63) is 29.8 Å². The van der Waals surface area contributed by atoms with E-state index in [-0.39, 0.29) is 11.5 Å². The van der Waals surface area contributed by atoms with Crippen LogP contribution in [0.2, 0.25) is 0 Å². The summed E-state index contributed by atoms with van der Waals surface area (Å²) in [5.41, 5.74) is 1.44. The Balaban J connectivity index is 2.05. The summed E-state index contributed by atoms with van der Waals surface area (Å²) >= 11 is 0. The molecule has 1 unspecified atom stereocenters. The molecule has 0 aromatic heterocycles. The van der Waals surface area contributed by atoms with Crippen LogP contribution in [0.1, 0.15) is 24.8 Å². The average Bonchev–Trinajstić information content (AvgIpc) is 2.40. The number of hydrogen-bond acceptors (Lipinski definition) is 3. The Morgan fingerprint density at radius 1 is 1.29 bits per heavy atom. The Labute approximate surface area is 101 Å². The maximum Gasteiger partial charge on any atom is 0.160 e. The van der Waals surface area contributed by atoms with Crippen LogP contribution in [0.3, 0.4) is 0 Å². The van der Waals surface area contributed by atoms with Gasteiger partial charge in [-0.3, -0.25) is 4.79 Å². The van der Waals surface area contributed by atoms with Gasteiger partial charge in [0, 0.05) is 17.4 Å². The number of aldehydes is 1. The minimum atomic E-state index is -0.275. The molecule has 0 bridgehead atoms. The van der Waals surface area contributed by atoms with E-state index >= 15 is 0 Å². The van der Waals surface area contributed by atoms with E-state index in [4.69, 9.17) is 4.74 Å². The molecule has 0 saturated carbocycles. The van der Waals surface area contributed by atoms with Crippen LogP contribution in [0.25, 0.3) is 0 Å². The molecule has 1 spiro atoms. The van der Waals surface area contributed by atoms with Crippen LogP contribution in [0.5, 0.6) is 5.75 Å². The molecule has 1 N–H and O–H groups in total. The molecule has 1 aromatic rings. The van der Waals surface area contributed by atoms with Crippen molar-refractivity contribution in [3.63, 3.8) is 0 Å². The van der Waals surface area contributed by atoms with Crippen molar-refractivity contribution in [2.24, 2.45) is 0 Å². The quantitative estimate of drug-likeness (QED) is 0.747. The van der Waals surface area contributed by atoms with E-state index in [0.717, 1.165) is 44.4 Å². The second-order valence-corrected chi connectivity index (χ2v) is 5.02. The van der Waals surface area contributed by atoms with E-state index in [0.29, 0.717) is 0 Å². The molecule has 0 radical (unpaired) electrons. The van der Waals surface area contributed by atoms with Gasteiger partial charge in [-0.25, -0.2) is 0 Å². The molecular formula is C14H17NO2. The number of carbonyl (C=O) groups excluding carboxylic acids is 1. The minimum Gasteiger partial charge on any atom is -0.483 e. The Bertz CT molecular complexity index is 424. The number of carbonyl (C=O) groups is 1. The van der Waals surface area contributed by atoms with Gasteiger partial charge in [0.05, 0.1) is 0 Å². The first-order valence-electron chi connectivity index (χ1n) is 6.26. The summed E-state index contributed by atoms with van der Waals surface area (Å²) in [5.74, 6) is 0.901. The lowest BCUT2D eigenvalue weighted by Gasteiger charge is -2.43. The molecule has 1 fully saturated rings. The van der Waals surface area contributed by atoms with Crippen molar-refractivity contribution in [2.75, 3.05) is 13.1 Å². The molecule has 2 aliphatic rings. The number of ether oxygens (including phenoxy) is 1. The first-order valence-corrected chi connectivity index (χ1v) is 6.26. The molecule has 2 heterocycles. The monoisotopic (exact) mass is 231 g/mol. The fraction of sp³-hybridized carbons (Fsp3) is 0.500. The molecule has 3 rings (SSSR count). The van der Waals surface area contributed by atoms with E-state index < -0.39 is 0 Å². The van der Waals surface area contributed by atoms with Gasteiger partial charge in [-0.2, -0.15) is 0 Å². The van der Waals surface area contributed by atoms with E-state index in [1.165, 1.54) is 5.56 Å². The summed E-state index contributed by atoms with van der Waals surface area (Å²) in [7, 11) is 0. The van der Waals surface area contributed by atoms with Crippen LogP contribution in [-0.4, -0.2) is 25.5 Å². The van der Waals surface area contributed by atoms with E-state index in [1.807, 2.05) is 12.1 Å². The van der Waals surface area contributed by atoms with Gasteiger partial charge in [-0.05, 0) is 32.0 Å². The molecular weight excluding hydrogens is 214 g/mol. The molecule has 0 amide bonds. The molecule has 1 saturated heterocycles. The predicted octanol–water partition coefficient (Wildman–Crippen LogP) is 1.66. The van der Waals surface area contributed by atoms with Crippen molar-refractivity contribution < 1.29 is 9.53 Å². The fourth-order valence-electron chi connectivity index (χ4n) is 3.16. The molecule has 17 heavy (non-hydrogen) atoms. The van der Waals surface area contributed by atoms with Gasteiger partial charge in [0.15, 0.2) is 12.4 Å². The maximum atomic E-state index is 11.1. The highest BCUT2D eigenvalue weighted by Crippen LogP contribution is 2.45. The van der Waals surface area contributed by atoms with Crippen LogP contribution >= 0.6 is 0 Å². The topological polar surface area (TPSA) is 38.3 Å². The number of fused-ring (bicyclic) bond motifs is 2. The van der Waals surface area contributed by atoms with Crippen molar-refractivity contribution in [3.8, 4) is 5.75 Å². The molecule has 90 valence electrons. The number of rotatable bonds is 1. The maximum absolute atomic E-state index is 11.1. The van der Waals surface area contributed by atoms with Crippen LogP contribution in [0.15, 0.2) is 24.3 Å². The van der Waals surface area contributed by atoms with Gasteiger partial charge in [0.2, 0.25) is 0 Å². The average molecular weight is 231 g/mol. The first-order chi connectivity index (χ1) is 8.34. The number of hydrogen-bond donors (Lipinski definition) is 1. The summed E-state index contributed by atoms with van der Waals surface area (Å²) in [6.07, 6.45) is 3.69. The molecule has 0 aliphatic carbocycles. The molecule has 1 atom stereocenters. The van der Waals surface area contributed by atoms with Gasteiger partial charge >= 0.3 is 0 Å². The molecule has 1 aromatic carbocycles. The van der Waals surface area contributed by atoms with Crippen LogP contribution in [-0.2, 0) is 10.2 Å². The zero-order valence-electron chi connectivity index (χ0n) is 9.82. The van der Waals surface area contributed by atoms with E-state index in [2.05, 4.69) is 17.4 Å². The Kier molecular flexibility index (Phi) is 2.63. The van der Waals surface area contributed by atoms with Crippen molar-refractivity contribution in [1.82, 2.24) is 5.32 Å². The largest absolute Gasteiger partial charge is 0.483 e. The number of para-hydroxylation sites is 1. The Morgan fingerprint density at radius 2 is 2.06 bits per heavy atom. The second kappa shape index (κ2) is 4.15. The Hall–Kier alpha value is -1.35. The van der Waals surface area contributed by atoms with Gasteiger partial charge in [0.25, 0.3) is 0 Å². The zero-order chi connectivity index (χ0) is 11.7. The summed E-state index contributed by atoms with van der Waals surface area (Å²) in [5, 5.41) is 3.39. The van der Waals surface area contributed by atoms with Crippen molar-refractivity contribution in [2.45, 2.75) is 30.8 Å². The lowest BCUT2D eigenvalue weighted by Crippen LogP contribution is -2.46. The van der Waals surface area contributed by atoms with Crippen LogP contribution in [0.4, 0.5) is 0 Å². The highest BCUT2D eigenvalue weighted by atomic mass is 16.5. The highest BCUT2D eigenvalue weighted by molar-refractivity contribution is 5.60. The fourth-order valence-corrected chi connectivity index (χ4v) is 3.16. The van der Waals surface area contributed by atoms with Crippen LogP contribution in [0, 0.1) is 0 Å². The smallest absolute Gasteiger partial charge is 0.160 e. The zero-order valence-corrected chi connectivity index (χ0v) is 9.82. The molecule has 3 heteroatoms. The molecule has 3 nitrogen and oxygen atoms in total. The lowest BCUT2D eigenvalue weighted by molar-refractivity contribution is -0.115. The number of piperidine rings is 1. The summed E-state index contributed by atoms with van der Waals surface area (Å²) < 4.78 is 5.72. The van der Waals surface area contributed by atoms with Gasteiger partial charge in [-0.1, -0.05) is 18.2 Å². The first kappa shape index (κ1) is 10.8. The SMILES string of the molecule is O=CC1CC2(CCNCC2)c2ccccc2O1. The van der Waals surface area contributed by atoms with Crippen molar-refractivity contribution >= 4 is 6.29 Å². The third-order valence-corrected chi connectivity index (χ3v) is 4.04. The van der Waals surface area contributed by atoms with Gasteiger partial charge in [0.1, 0.15) is 5.75 Å². The summed E-state index contributed by atoms with van der Waals surface area (Å²) in [6.45, 7) is 2.06. The third-order valence-electron chi connectivity index (χ3n) is 4.04. The number of nitrogens with one attached hydrogen (secondary N) is 1. The van der Waals surface area contributed by atoms with Crippen LogP contribution < -0.4 is 10.1 Å². The Morgan fingerprint density at radius 3 is 2.82 bits per heavy atom. The third kappa shape index (κ3) is 1.75. The lowest BCUT2D eigenvalue weighted by atomic mass is 9.68. The predicted molar refractivity (Wildman–Crippen MR) is 65.3 cm³/mol. The van der Waals surface area contributed by atoms with Crippen molar-refractivity contribution in [1.29, 1.82) is 0 Å². The standard InChI is InChI=1S/C14H17NO2/c16-10-11-9-14(5-7-15-8-6-14)12-3-1-2-4-13(12)17-11/h1-4,10-11,15H,5-9H2. The number of benzene rings is 1.